The van der Waals surface area contributed by atoms with Crippen molar-refractivity contribution in [3.05, 3.63) is 12.2 Å². The Kier molecular flexibility index (Phi) is 1.62. The highest BCUT2D eigenvalue weighted by Gasteiger charge is 2.07. The van der Waals surface area contributed by atoms with Gasteiger partial charge in [0.25, 0.3) is 0 Å². The molecule has 0 fully saturated rings. The predicted octanol–water partition coefficient (Wildman–Crippen LogP) is -0.625. The van der Waals surface area contributed by atoms with Crippen LogP contribution in [0.3, 0.4) is 0 Å². The van der Waals surface area contributed by atoms with Crippen molar-refractivity contribution in [3.63, 3.8) is 0 Å². The van der Waals surface area contributed by atoms with E-state index in [1.54, 1.807) is 0 Å². The molecule has 0 bridgehead atoms. The number of carboxylic acid groups (broad SMARTS) is 1. The second-order valence-corrected chi connectivity index (χ2v) is 2.39. The minimum Gasteiger partial charge on any atom is -0.481 e. The average Bonchev–Trinajstić information content (AvgIpc) is 2.44. The number of H-pyrrole nitrogens is 1. The molecule has 2 heterocycles. The molecule has 13 heavy (non-hydrogen) atoms. The molecule has 0 aliphatic rings. The van der Waals surface area contributed by atoms with E-state index in [9.17, 15) is 4.79 Å². The summed E-state index contributed by atoms with van der Waals surface area (Å²) < 4.78 is 0. The van der Waals surface area contributed by atoms with Gasteiger partial charge in [0.1, 0.15) is 18.6 Å². The number of aliphatic carboxylic acids is 1. The highest BCUT2D eigenvalue weighted by atomic mass is 16.4. The zero-order chi connectivity index (χ0) is 9.26. The van der Waals surface area contributed by atoms with E-state index < -0.39 is 5.97 Å². The van der Waals surface area contributed by atoms with E-state index in [0.29, 0.717) is 17.1 Å². The Balaban J connectivity index is 2.44. The van der Waals surface area contributed by atoms with E-state index in [1.807, 2.05) is 0 Å². The van der Waals surface area contributed by atoms with Gasteiger partial charge in [0.2, 0.25) is 5.65 Å². The summed E-state index contributed by atoms with van der Waals surface area (Å²) in [4.78, 5) is 20.7. The van der Waals surface area contributed by atoms with E-state index in [0.717, 1.165) is 0 Å². The standard InChI is InChI=1S/C6H5N5O2/c12-4(13)1-3-9-5-6(10-3)11-8-2-7-5/h2H,1H2,(H,12,13)(H,7,8,9,10,11). The van der Waals surface area contributed by atoms with Gasteiger partial charge in [-0.3, -0.25) is 4.79 Å². The van der Waals surface area contributed by atoms with Crippen LogP contribution in [0.1, 0.15) is 5.82 Å². The van der Waals surface area contributed by atoms with Crippen molar-refractivity contribution >= 4 is 17.3 Å². The van der Waals surface area contributed by atoms with Gasteiger partial charge < -0.3 is 10.1 Å². The van der Waals surface area contributed by atoms with Crippen LogP contribution in [0.15, 0.2) is 6.33 Å². The maximum Gasteiger partial charge on any atom is 0.311 e. The van der Waals surface area contributed by atoms with Crippen LogP contribution in [0, 0.1) is 0 Å². The lowest BCUT2D eigenvalue weighted by atomic mass is 10.4. The van der Waals surface area contributed by atoms with Crippen LogP contribution in [0.25, 0.3) is 11.3 Å². The smallest absolute Gasteiger partial charge is 0.311 e. The number of aromatic amines is 1. The van der Waals surface area contributed by atoms with Gasteiger partial charge >= 0.3 is 5.97 Å². The van der Waals surface area contributed by atoms with Crippen molar-refractivity contribution in [2.75, 3.05) is 0 Å². The maximum absolute atomic E-state index is 10.3. The van der Waals surface area contributed by atoms with Gasteiger partial charge in [0.05, 0.1) is 0 Å². The third kappa shape index (κ3) is 1.43. The highest BCUT2D eigenvalue weighted by molar-refractivity contribution is 5.71. The largest absolute Gasteiger partial charge is 0.481 e. The van der Waals surface area contributed by atoms with Crippen LogP contribution >= 0.6 is 0 Å². The number of rotatable bonds is 2. The molecule has 0 saturated carbocycles. The summed E-state index contributed by atoms with van der Waals surface area (Å²) in [5, 5.41) is 15.7. The number of hydrogen-bond donors (Lipinski definition) is 2. The first-order valence-corrected chi connectivity index (χ1v) is 3.50. The quantitative estimate of drug-likeness (QED) is 0.636. The van der Waals surface area contributed by atoms with Gasteiger partial charge in [-0.15, -0.1) is 10.2 Å². The molecule has 0 unspecified atom stereocenters. The lowest BCUT2D eigenvalue weighted by molar-refractivity contribution is -0.136. The van der Waals surface area contributed by atoms with E-state index in [2.05, 4.69) is 25.1 Å². The highest BCUT2D eigenvalue weighted by Crippen LogP contribution is 2.03. The third-order valence-electron chi connectivity index (χ3n) is 1.42. The molecule has 0 atom stereocenters. The van der Waals surface area contributed by atoms with Crippen LogP contribution in [0.4, 0.5) is 0 Å². The van der Waals surface area contributed by atoms with E-state index >= 15 is 0 Å². The zero-order valence-corrected chi connectivity index (χ0v) is 6.43. The van der Waals surface area contributed by atoms with Crippen LogP contribution in [0.2, 0.25) is 0 Å². The Labute approximate surface area is 71.9 Å². The fourth-order valence-corrected chi connectivity index (χ4v) is 0.952. The molecule has 7 nitrogen and oxygen atoms in total. The number of fused-ring (bicyclic) bond motifs is 1. The Bertz CT molecular complexity index is 418. The monoisotopic (exact) mass is 179 g/mol. The maximum atomic E-state index is 10.3. The SMILES string of the molecule is O=C(O)Cc1nc2ncnnc2[nH]1. The number of nitrogens with zero attached hydrogens (tertiary/aromatic N) is 4. The van der Waals surface area contributed by atoms with Crippen molar-refractivity contribution in [2.45, 2.75) is 6.42 Å². The van der Waals surface area contributed by atoms with Gasteiger partial charge in [0.15, 0.2) is 5.65 Å². The number of carbonyl (C=O) groups is 1. The Hall–Kier alpha value is -2.05. The van der Waals surface area contributed by atoms with E-state index in [1.165, 1.54) is 6.33 Å². The van der Waals surface area contributed by atoms with Gasteiger partial charge in [-0.25, -0.2) is 9.97 Å². The molecule has 2 aromatic heterocycles. The van der Waals surface area contributed by atoms with Crippen LogP contribution < -0.4 is 0 Å². The summed E-state index contributed by atoms with van der Waals surface area (Å²) >= 11 is 0. The lowest BCUT2D eigenvalue weighted by Crippen LogP contribution is -2.01. The van der Waals surface area contributed by atoms with Crippen molar-refractivity contribution in [1.82, 2.24) is 25.1 Å². The number of aromatic nitrogens is 5. The average molecular weight is 179 g/mol. The van der Waals surface area contributed by atoms with Crippen molar-refractivity contribution in [2.24, 2.45) is 0 Å². The Morgan fingerprint density at radius 3 is 3.15 bits per heavy atom. The number of hydrogen-bond acceptors (Lipinski definition) is 5. The minimum atomic E-state index is -0.952. The van der Waals surface area contributed by atoms with E-state index in [4.69, 9.17) is 5.11 Å². The molecule has 66 valence electrons. The van der Waals surface area contributed by atoms with Gasteiger partial charge in [-0.2, -0.15) is 0 Å². The van der Waals surface area contributed by atoms with Crippen molar-refractivity contribution in [1.29, 1.82) is 0 Å². The summed E-state index contributed by atoms with van der Waals surface area (Å²) in [6.45, 7) is 0. The normalized spacial score (nSPS) is 10.5. The molecule has 0 spiro atoms. The fraction of sp³-hybridized carbons (Fsp3) is 0.167. The second-order valence-electron chi connectivity index (χ2n) is 2.39. The van der Waals surface area contributed by atoms with Gasteiger partial charge in [-0.1, -0.05) is 0 Å². The van der Waals surface area contributed by atoms with Crippen LogP contribution in [0.5, 0.6) is 0 Å². The first-order valence-electron chi connectivity index (χ1n) is 3.50. The Morgan fingerprint density at radius 1 is 1.62 bits per heavy atom. The molecule has 0 aliphatic heterocycles. The molecule has 2 N–H and O–H groups in total. The molecular formula is C6H5N5O2. The fourth-order valence-electron chi connectivity index (χ4n) is 0.952. The second kappa shape index (κ2) is 2.77. The minimum absolute atomic E-state index is 0.169. The molecule has 0 aliphatic carbocycles. The van der Waals surface area contributed by atoms with E-state index in [-0.39, 0.29) is 6.42 Å². The summed E-state index contributed by atoms with van der Waals surface area (Å²) in [5.41, 5.74) is 0.782. The first kappa shape index (κ1) is 7.59. The predicted molar refractivity (Wildman–Crippen MR) is 40.8 cm³/mol. The Morgan fingerprint density at radius 2 is 2.46 bits per heavy atom. The summed E-state index contributed by atoms with van der Waals surface area (Å²) in [6.07, 6.45) is 1.09. The summed E-state index contributed by atoms with van der Waals surface area (Å²) in [5.74, 6) is -0.623. The molecule has 2 rings (SSSR count). The molecule has 0 saturated heterocycles. The van der Waals surface area contributed by atoms with Crippen LogP contribution in [-0.2, 0) is 11.2 Å². The van der Waals surface area contributed by atoms with Gasteiger partial charge in [0, 0.05) is 0 Å². The molecule has 0 radical (unpaired) electrons. The lowest BCUT2D eigenvalue weighted by Gasteiger charge is -1.85. The number of imidazole rings is 1. The zero-order valence-electron chi connectivity index (χ0n) is 6.43. The third-order valence-corrected chi connectivity index (χ3v) is 1.42. The molecule has 2 aromatic rings. The summed E-state index contributed by atoms with van der Waals surface area (Å²) in [6, 6.07) is 0. The van der Waals surface area contributed by atoms with Crippen molar-refractivity contribution in [3.8, 4) is 0 Å². The van der Waals surface area contributed by atoms with Crippen molar-refractivity contribution < 1.29 is 9.90 Å². The molecular weight excluding hydrogens is 174 g/mol. The summed E-state index contributed by atoms with van der Waals surface area (Å²) in [7, 11) is 0. The van der Waals surface area contributed by atoms with Crippen LogP contribution in [-0.4, -0.2) is 36.2 Å². The topological polar surface area (TPSA) is 105 Å². The number of carboxylic acids is 1. The first-order chi connectivity index (χ1) is 6.25. The molecule has 0 aromatic carbocycles. The van der Waals surface area contributed by atoms with Gasteiger partial charge in [-0.05, 0) is 0 Å². The molecule has 7 heteroatoms. The number of nitrogens with one attached hydrogen (secondary N) is 1. The molecule has 0 amide bonds.